The van der Waals surface area contributed by atoms with Gasteiger partial charge in [0.2, 0.25) is 0 Å². The van der Waals surface area contributed by atoms with Crippen LogP contribution in [0.1, 0.15) is 31.6 Å². The molecule has 1 amide bonds. The molecule has 0 atom stereocenters. The van der Waals surface area contributed by atoms with E-state index in [0.29, 0.717) is 17.6 Å². The molecule has 1 aromatic rings. The van der Waals surface area contributed by atoms with E-state index in [0.717, 1.165) is 12.8 Å². The average Bonchev–Trinajstić information content (AvgIpc) is 2.29. The summed E-state index contributed by atoms with van der Waals surface area (Å²) in [5, 5.41) is 20.5. The number of amides is 1. The highest BCUT2D eigenvalue weighted by molar-refractivity contribution is 6.58. The van der Waals surface area contributed by atoms with Crippen LogP contribution in [-0.2, 0) is 0 Å². The molecule has 0 aliphatic heterocycles. The van der Waals surface area contributed by atoms with Gasteiger partial charge in [-0.1, -0.05) is 25.5 Å². The van der Waals surface area contributed by atoms with Crippen LogP contribution in [0.15, 0.2) is 24.3 Å². The van der Waals surface area contributed by atoms with Gasteiger partial charge >= 0.3 is 7.12 Å². The normalized spacial score (nSPS) is 9.94. The minimum Gasteiger partial charge on any atom is -0.423 e. The average molecular weight is 223 g/mol. The third-order valence-corrected chi connectivity index (χ3v) is 2.29. The Morgan fingerprint density at radius 1 is 1.38 bits per heavy atom. The summed E-state index contributed by atoms with van der Waals surface area (Å²) in [7, 11) is -1.49. The highest BCUT2D eigenvalue weighted by Gasteiger charge is 2.11. The maximum atomic E-state index is 11.6. The van der Waals surface area contributed by atoms with Crippen LogP contribution in [0.2, 0.25) is 0 Å². The molecule has 0 unspecified atom stereocenters. The zero-order valence-corrected chi connectivity index (χ0v) is 9.31. The van der Waals surface area contributed by atoms with Crippen molar-refractivity contribution in [2.24, 2.45) is 0 Å². The van der Waals surface area contributed by atoms with Gasteiger partial charge in [-0.2, -0.15) is 0 Å². The largest absolute Gasteiger partial charge is 0.488 e. The van der Waals surface area contributed by atoms with Crippen molar-refractivity contribution >= 4 is 18.5 Å². The molecule has 0 spiro atoms. The third kappa shape index (κ3) is 3.68. The summed E-state index contributed by atoms with van der Waals surface area (Å²) in [6.07, 6.45) is 2.00. The first-order valence-corrected chi connectivity index (χ1v) is 5.39. The Kier molecular flexibility index (Phi) is 5.02. The number of benzene rings is 1. The van der Waals surface area contributed by atoms with Crippen molar-refractivity contribution in [3.05, 3.63) is 29.8 Å². The van der Waals surface area contributed by atoms with Gasteiger partial charge in [0, 0.05) is 13.5 Å². The van der Waals surface area contributed by atoms with Gasteiger partial charge in [0.1, 0.15) is 0 Å². The summed E-state index contributed by atoms with van der Waals surface area (Å²) in [5.74, 6) is -0.132. The summed E-state index contributed by atoms with van der Waals surface area (Å²) in [4.78, 5) is 11.6. The van der Waals surface area contributed by atoms with Crippen molar-refractivity contribution in [2.45, 2.75) is 19.8 Å². The fourth-order valence-corrected chi connectivity index (χ4v) is 1.29. The van der Waals surface area contributed by atoms with Crippen molar-refractivity contribution in [1.82, 2.24) is 5.32 Å². The second kappa shape index (κ2) is 6.30. The standard InChI is InChI=1S/C11H16BNO3.H2/c1-2-3-8-13-11(14)9-4-6-10(7-5-9)12(15)16;/h4-7,15-16H,2-3,8H2,1H3,(H,13,14);1H. The van der Waals surface area contributed by atoms with E-state index in [1.807, 2.05) is 0 Å². The van der Waals surface area contributed by atoms with E-state index in [2.05, 4.69) is 12.2 Å². The molecule has 0 fully saturated rings. The lowest BCUT2D eigenvalue weighted by atomic mass is 9.80. The zero-order chi connectivity index (χ0) is 12.0. The van der Waals surface area contributed by atoms with Crippen LogP contribution in [0.25, 0.3) is 0 Å². The number of hydrogen-bond donors (Lipinski definition) is 3. The number of hydrogen-bond acceptors (Lipinski definition) is 3. The lowest BCUT2D eigenvalue weighted by Crippen LogP contribution is -2.30. The van der Waals surface area contributed by atoms with Gasteiger partial charge in [-0.25, -0.2) is 0 Å². The smallest absolute Gasteiger partial charge is 0.423 e. The van der Waals surface area contributed by atoms with Crippen LogP contribution in [-0.4, -0.2) is 29.6 Å². The van der Waals surface area contributed by atoms with Crippen LogP contribution in [0.4, 0.5) is 0 Å². The van der Waals surface area contributed by atoms with E-state index in [9.17, 15) is 4.79 Å². The van der Waals surface area contributed by atoms with Gasteiger partial charge in [-0.15, -0.1) is 0 Å². The van der Waals surface area contributed by atoms with Crippen LogP contribution in [0, 0.1) is 0 Å². The van der Waals surface area contributed by atoms with E-state index in [1.54, 1.807) is 12.1 Å². The van der Waals surface area contributed by atoms with E-state index >= 15 is 0 Å². The molecule has 3 N–H and O–H groups in total. The Morgan fingerprint density at radius 3 is 2.50 bits per heavy atom. The lowest BCUT2D eigenvalue weighted by Gasteiger charge is -2.05. The molecule has 16 heavy (non-hydrogen) atoms. The second-order valence-corrected chi connectivity index (χ2v) is 3.61. The quantitative estimate of drug-likeness (QED) is 0.491. The topological polar surface area (TPSA) is 69.6 Å². The van der Waals surface area contributed by atoms with E-state index in [-0.39, 0.29) is 7.33 Å². The molecule has 1 aromatic carbocycles. The molecule has 0 aliphatic carbocycles. The molecule has 0 bridgehead atoms. The highest BCUT2D eigenvalue weighted by atomic mass is 16.4. The highest BCUT2D eigenvalue weighted by Crippen LogP contribution is 1.97. The molecule has 0 saturated heterocycles. The second-order valence-electron chi connectivity index (χ2n) is 3.61. The monoisotopic (exact) mass is 223 g/mol. The van der Waals surface area contributed by atoms with Crippen molar-refractivity contribution in [3.8, 4) is 0 Å². The van der Waals surface area contributed by atoms with Crippen molar-refractivity contribution < 1.29 is 16.3 Å². The Labute approximate surface area is 96.9 Å². The number of carbonyl (C=O) groups excluding carboxylic acids is 1. The molecular weight excluding hydrogens is 205 g/mol. The predicted molar refractivity (Wildman–Crippen MR) is 65.6 cm³/mol. The fraction of sp³-hybridized carbons (Fsp3) is 0.364. The first kappa shape index (κ1) is 12.7. The molecular formula is C11H18BNO3. The first-order chi connectivity index (χ1) is 7.65. The number of nitrogens with one attached hydrogen (secondary N) is 1. The van der Waals surface area contributed by atoms with Crippen molar-refractivity contribution in [3.63, 3.8) is 0 Å². The molecule has 0 heterocycles. The summed E-state index contributed by atoms with van der Waals surface area (Å²) in [6, 6.07) is 6.21. The maximum absolute atomic E-state index is 11.6. The van der Waals surface area contributed by atoms with Crippen LogP contribution in [0.3, 0.4) is 0 Å². The molecule has 0 aliphatic rings. The summed E-state index contributed by atoms with van der Waals surface area (Å²) in [5.41, 5.74) is 0.908. The molecule has 1 rings (SSSR count). The Bertz CT molecular complexity index is 343. The minimum absolute atomic E-state index is 0. The summed E-state index contributed by atoms with van der Waals surface area (Å²) >= 11 is 0. The molecule has 0 aromatic heterocycles. The SMILES string of the molecule is CCCCNC(=O)c1ccc(B(O)O)cc1.[HH]. The van der Waals surface area contributed by atoms with E-state index in [4.69, 9.17) is 10.0 Å². The van der Waals surface area contributed by atoms with Crippen LogP contribution < -0.4 is 10.8 Å². The van der Waals surface area contributed by atoms with Crippen LogP contribution in [0.5, 0.6) is 0 Å². The Morgan fingerprint density at radius 2 is 2.00 bits per heavy atom. The zero-order valence-electron chi connectivity index (χ0n) is 9.31. The molecule has 5 heteroatoms. The van der Waals surface area contributed by atoms with Crippen molar-refractivity contribution in [1.29, 1.82) is 0 Å². The van der Waals surface area contributed by atoms with E-state index in [1.165, 1.54) is 12.1 Å². The maximum Gasteiger partial charge on any atom is 0.488 e. The number of unbranched alkanes of at least 4 members (excludes halogenated alkanes) is 1. The molecule has 0 saturated carbocycles. The van der Waals surface area contributed by atoms with Gasteiger partial charge in [0.05, 0.1) is 0 Å². The summed E-state index contributed by atoms with van der Waals surface area (Å²) in [6.45, 7) is 2.73. The van der Waals surface area contributed by atoms with Gasteiger partial charge < -0.3 is 15.4 Å². The van der Waals surface area contributed by atoms with Crippen LogP contribution >= 0.6 is 0 Å². The third-order valence-electron chi connectivity index (χ3n) is 2.29. The van der Waals surface area contributed by atoms with Gasteiger partial charge in [0.25, 0.3) is 5.91 Å². The number of rotatable bonds is 5. The van der Waals surface area contributed by atoms with Gasteiger partial charge in [-0.3, -0.25) is 4.79 Å². The van der Waals surface area contributed by atoms with E-state index < -0.39 is 7.12 Å². The number of carbonyl (C=O) groups is 1. The van der Waals surface area contributed by atoms with Crippen molar-refractivity contribution in [2.75, 3.05) is 6.54 Å². The lowest BCUT2D eigenvalue weighted by molar-refractivity contribution is 0.0953. The van der Waals surface area contributed by atoms with Gasteiger partial charge in [0.15, 0.2) is 0 Å². The predicted octanol–water partition coefficient (Wildman–Crippen LogP) is 0.142. The molecule has 4 nitrogen and oxygen atoms in total. The minimum atomic E-state index is -1.49. The van der Waals surface area contributed by atoms with Gasteiger partial charge in [-0.05, 0) is 24.0 Å². The Hall–Kier alpha value is -1.33. The fourth-order valence-electron chi connectivity index (χ4n) is 1.29. The molecule has 88 valence electrons. The first-order valence-electron chi connectivity index (χ1n) is 5.39. The Balaban J connectivity index is 0.00000256. The summed E-state index contributed by atoms with van der Waals surface area (Å²) < 4.78 is 0. The molecule has 0 radical (unpaired) electrons.